The van der Waals surface area contributed by atoms with Gasteiger partial charge in [0.2, 0.25) is 0 Å². The van der Waals surface area contributed by atoms with Crippen molar-refractivity contribution in [2.45, 2.75) is 30.0 Å². The quantitative estimate of drug-likeness (QED) is 0.484. The summed E-state index contributed by atoms with van der Waals surface area (Å²) in [6.07, 6.45) is 5.19. The van der Waals surface area contributed by atoms with Gasteiger partial charge in [0.25, 0.3) is 0 Å². The molecule has 52 valence electrons. The first kappa shape index (κ1) is 6.30. The highest BCUT2D eigenvalue weighted by Crippen LogP contribution is 2.65. The molecule has 0 amide bonds. The maximum atomic E-state index is 5.98. The van der Waals surface area contributed by atoms with E-state index in [0.717, 1.165) is 0 Å². The number of hydrogen-bond acceptors (Lipinski definition) is 0. The summed E-state index contributed by atoms with van der Waals surface area (Å²) >= 11 is 12.0. The minimum atomic E-state index is -0.309. The second-order valence-corrected chi connectivity index (χ2v) is 4.62. The molecule has 9 heavy (non-hydrogen) atoms. The maximum absolute atomic E-state index is 5.98. The van der Waals surface area contributed by atoms with E-state index in [1.54, 1.807) is 0 Å². The summed E-state index contributed by atoms with van der Waals surface area (Å²) in [4.78, 5) is 0. The van der Waals surface area contributed by atoms with Crippen LogP contribution in [0.5, 0.6) is 0 Å². The number of alkyl halides is 2. The van der Waals surface area contributed by atoms with Crippen LogP contribution in [0.25, 0.3) is 0 Å². The number of halogens is 2. The molecule has 2 rings (SSSR count). The predicted molar refractivity (Wildman–Crippen MR) is 39.9 cm³/mol. The van der Waals surface area contributed by atoms with E-state index < -0.39 is 0 Å². The Morgan fingerprint density at radius 1 is 1.00 bits per heavy atom. The van der Waals surface area contributed by atoms with E-state index in [4.69, 9.17) is 23.2 Å². The van der Waals surface area contributed by atoms with Crippen LogP contribution in [0.2, 0.25) is 0 Å². The minimum Gasteiger partial charge on any atom is -0.101 e. The second-order valence-electron chi connectivity index (χ2n) is 3.17. The smallest absolute Gasteiger partial charge is 0.101 e. The minimum absolute atomic E-state index is 0.309. The molecule has 2 aliphatic rings. The zero-order valence-corrected chi connectivity index (χ0v) is 6.75. The standard InChI is InChI=1S/C7H10Cl2/c8-7(9)5-3-1-2-4-6(5)7/h5-6H,1-4H2/t5-,6+. The van der Waals surface area contributed by atoms with Crippen LogP contribution in [0.15, 0.2) is 0 Å². The SMILES string of the molecule is ClC1(Cl)[C@@H]2CCCC[C@@H]21. The zero-order valence-electron chi connectivity index (χ0n) is 5.24. The fourth-order valence-corrected chi connectivity index (χ4v) is 2.90. The normalized spacial score (nSPS) is 46.0. The van der Waals surface area contributed by atoms with Gasteiger partial charge in [0.1, 0.15) is 4.33 Å². The molecule has 2 fully saturated rings. The molecule has 2 atom stereocenters. The molecule has 0 aromatic heterocycles. The topological polar surface area (TPSA) is 0 Å². The lowest BCUT2D eigenvalue weighted by atomic mass is 10.0. The van der Waals surface area contributed by atoms with Crippen molar-refractivity contribution in [2.75, 3.05) is 0 Å². The molecule has 0 N–H and O–H groups in total. The number of rotatable bonds is 0. The third kappa shape index (κ3) is 0.798. The third-order valence-corrected chi connectivity index (χ3v) is 3.77. The van der Waals surface area contributed by atoms with Crippen molar-refractivity contribution in [3.63, 3.8) is 0 Å². The molecule has 0 unspecified atom stereocenters. The van der Waals surface area contributed by atoms with E-state index >= 15 is 0 Å². The van der Waals surface area contributed by atoms with Crippen LogP contribution in [-0.4, -0.2) is 4.33 Å². The van der Waals surface area contributed by atoms with Crippen LogP contribution in [0.3, 0.4) is 0 Å². The Morgan fingerprint density at radius 3 is 1.78 bits per heavy atom. The van der Waals surface area contributed by atoms with E-state index in [9.17, 15) is 0 Å². The molecule has 0 spiro atoms. The lowest BCUT2D eigenvalue weighted by Crippen LogP contribution is -1.91. The molecule has 2 heteroatoms. The average Bonchev–Trinajstić information content (AvgIpc) is 2.39. The van der Waals surface area contributed by atoms with Gasteiger partial charge in [-0.3, -0.25) is 0 Å². The molecule has 2 saturated carbocycles. The summed E-state index contributed by atoms with van der Waals surface area (Å²) in [7, 11) is 0. The Morgan fingerprint density at radius 2 is 1.44 bits per heavy atom. The molecule has 0 aliphatic heterocycles. The van der Waals surface area contributed by atoms with Crippen LogP contribution in [0, 0.1) is 11.8 Å². The average molecular weight is 165 g/mol. The van der Waals surface area contributed by atoms with Crippen LogP contribution in [-0.2, 0) is 0 Å². The zero-order chi connectivity index (χ0) is 6.48. The predicted octanol–water partition coefficient (Wildman–Crippen LogP) is 2.98. The van der Waals surface area contributed by atoms with Gasteiger partial charge in [0.05, 0.1) is 0 Å². The fraction of sp³-hybridized carbons (Fsp3) is 1.00. The molecule has 0 radical (unpaired) electrons. The van der Waals surface area contributed by atoms with Gasteiger partial charge < -0.3 is 0 Å². The largest absolute Gasteiger partial charge is 0.124 e. The van der Waals surface area contributed by atoms with Gasteiger partial charge in [-0.25, -0.2) is 0 Å². The summed E-state index contributed by atoms with van der Waals surface area (Å²) in [5.74, 6) is 1.30. The Labute approximate surface area is 65.5 Å². The van der Waals surface area contributed by atoms with Gasteiger partial charge in [0, 0.05) is 0 Å². The fourth-order valence-electron chi connectivity index (χ4n) is 1.98. The van der Waals surface area contributed by atoms with E-state index in [1.807, 2.05) is 0 Å². The molecule has 0 aromatic rings. The third-order valence-electron chi connectivity index (χ3n) is 2.65. The molecule has 0 nitrogen and oxygen atoms in total. The van der Waals surface area contributed by atoms with Crippen molar-refractivity contribution in [3.8, 4) is 0 Å². The highest BCUT2D eigenvalue weighted by Gasteiger charge is 2.62. The summed E-state index contributed by atoms with van der Waals surface area (Å²) < 4.78 is -0.309. The Bertz CT molecular complexity index is 117. The van der Waals surface area contributed by atoms with Crippen molar-refractivity contribution in [1.29, 1.82) is 0 Å². The Kier molecular flexibility index (Phi) is 1.26. The molecule has 0 bridgehead atoms. The summed E-state index contributed by atoms with van der Waals surface area (Å²) in [6, 6.07) is 0. The van der Waals surface area contributed by atoms with Crippen LogP contribution >= 0.6 is 23.2 Å². The van der Waals surface area contributed by atoms with Crippen molar-refractivity contribution >= 4 is 23.2 Å². The van der Waals surface area contributed by atoms with Crippen LogP contribution in [0.1, 0.15) is 25.7 Å². The van der Waals surface area contributed by atoms with E-state index in [0.29, 0.717) is 11.8 Å². The van der Waals surface area contributed by atoms with Gasteiger partial charge in [-0.15, -0.1) is 23.2 Å². The van der Waals surface area contributed by atoms with Crippen molar-refractivity contribution in [3.05, 3.63) is 0 Å². The maximum Gasteiger partial charge on any atom is 0.124 e. The van der Waals surface area contributed by atoms with Crippen LogP contribution in [0.4, 0.5) is 0 Å². The van der Waals surface area contributed by atoms with Crippen LogP contribution < -0.4 is 0 Å². The Hall–Kier alpha value is 0.580. The first-order valence-electron chi connectivity index (χ1n) is 3.61. The molecule has 0 saturated heterocycles. The van der Waals surface area contributed by atoms with E-state index in [2.05, 4.69) is 0 Å². The first-order chi connectivity index (χ1) is 4.23. The highest BCUT2D eigenvalue weighted by molar-refractivity contribution is 6.51. The second kappa shape index (κ2) is 1.79. The molecule has 0 aromatic carbocycles. The summed E-state index contributed by atoms with van der Waals surface area (Å²) in [5, 5.41) is 0. The summed E-state index contributed by atoms with van der Waals surface area (Å²) in [5.41, 5.74) is 0. The molecule has 0 heterocycles. The Balaban J connectivity index is 2.06. The highest BCUT2D eigenvalue weighted by atomic mass is 35.5. The van der Waals surface area contributed by atoms with Crippen molar-refractivity contribution < 1.29 is 0 Å². The summed E-state index contributed by atoms with van der Waals surface area (Å²) in [6.45, 7) is 0. The van der Waals surface area contributed by atoms with Gasteiger partial charge >= 0.3 is 0 Å². The lowest BCUT2D eigenvalue weighted by molar-refractivity contribution is 0.480. The first-order valence-corrected chi connectivity index (χ1v) is 4.36. The van der Waals surface area contributed by atoms with Crippen molar-refractivity contribution in [1.82, 2.24) is 0 Å². The van der Waals surface area contributed by atoms with Gasteiger partial charge in [-0.2, -0.15) is 0 Å². The van der Waals surface area contributed by atoms with Gasteiger partial charge in [-0.05, 0) is 24.7 Å². The van der Waals surface area contributed by atoms with Gasteiger partial charge in [-0.1, -0.05) is 12.8 Å². The lowest BCUT2D eigenvalue weighted by Gasteiger charge is -2.03. The van der Waals surface area contributed by atoms with Gasteiger partial charge in [0.15, 0.2) is 0 Å². The van der Waals surface area contributed by atoms with Crippen molar-refractivity contribution in [2.24, 2.45) is 11.8 Å². The number of fused-ring (bicyclic) bond motifs is 1. The van der Waals surface area contributed by atoms with E-state index in [1.165, 1.54) is 25.7 Å². The molecular weight excluding hydrogens is 155 g/mol. The monoisotopic (exact) mass is 164 g/mol. The van der Waals surface area contributed by atoms with E-state index in [-0.39, 0.29) is 4.33 Å². The molecular formula is C7H10Cl2. The molecule has 2 aliphatic carbocycles. The number of hydrogen-bond donors (Lipinski definition) is 0.